The second-order valence-electron chi connectivity index (χ2n) is 9.97. The van der Waals surface area contributed by atoms with E-state index in [9.17, 15) is 9.59 Å². The predicted molar refractivity (Wildman–Crippen MR) is 145 cm³/mol. The predicted octanol–water partition coefficient (Wildman–Crippen LogP) is 5.21. The van der Waals surface area contributed by atoms with Gasteiger partial charge in [-0.2, -0.15) is 0 Å². The molecule has 1 N–H and O–H groups in total. The highest BCUT2D eigenvalue weighted by Crippen LogP contribution is 2.41. The Hall–Kier alpha value is -2.57. The number of carbonyl (C=O) groups is 2. The third-order valence-electron chi connectivity index (χ3n) is 6.74. The summed E-state index contributed by atoms with van der Waals surface area (Å²) < 4.78 is 0. The van der Waals surface area contributed by atoms with Gasteiger partial charge in [0.25, 0.3) is 5.91 Å². The number of amides is 2. The Bertz CT molecular complexity index is 1060. The lowest BCUT2D eigenvalue weighted by molar-refractivity contribution is -0.122. The van der Waals surface area contributed by atoms with Gasteiger partial charge in [0, 0.05) is 24.5 Å². The molecule has 5 nitrogen and oxygen atoms in total. The van der Waals surface area contributed by atoms with Crippen molar-refractivity contribution in [2.75, 3.05) is 37.6 Å². The van der Waals surface area contributed by atoms with Crippen molar-refractivity contribution in [2.45, 2.75) is 44.9 Å². The molecule has 1 fully saturated rings. The highest BCUT2D eigenvalue weighted by molar-refractivity contribution is 8.04. The number of likely N-dealkylation sites (tertiary alicyclic amines) is 1. The monoisotopic (exact) mass is 491 g/mol. The van der Waals surface area contributed by atoms with Gasteiger partial charge in [0.2, 0.25) is 5.91 Å². The van der Waals surface area contributed by atoms with Gasteiger partial charge in [0.05, 0.1) is 10.6 Å². The van der Waals surface area contributed by atoms with Gasteiger partial charge in [-0.3, -0.25) is 14.5 Å². The summed E-state index contributed by atoms with van der Waals surface area (Å²) in [6.45, 7) is 10.7. The lowest BCUT2D eigenvalue weighted by Gasteiger charge is -2.35. The number of nitrogens with one attached hydrogen (secondary N) is 1. The van der Waals surface area contributed by atoms with E-state index < -0.39 is 0 Å². The molecule has 0 aliphatic carbocycles. The van der Waals surface area contributed by atoms with Crippen LogP contribution in [0, 0.1) is 11.8 Å². The molecule has 0 unspecified atom stereocenters. The molecular formula is C29H37N3O2S. The molecule has 2 aromatic rings. The minimum absolute atomic E-state index is 0.0281. The fraction of sp³-hybridized carbons (Fsp3) is 0.448. The van der Waals surface area contributed by atoms with Crippen molar-refractivity contribution in [1.29, 1.82) is 0 Å². The summed E-state index contributed by atoms with van der Waals surface area (Å²) in [6.07, 6.45) is 5.13. The minimum Gasteiger partial charge on any atom is -0.355 e. The van der Waals surface area contributed by atoms with E-state index in [0.29, 0.717) is 11.4 Å². The first kappa shape index (κ1) is 25.5. The van der Waals surface area contributed by atoms with Crippen LogP contribution in [0.25, 0.3) is 6.08 Å². The van der Waals surface area contributed by atoms with Crippen LogP contribution < -0.4 is 10.2 Å². The number of piperidine rings is 1. The number of hydrogen-bond donors (Lipinski definition) is 1. The summed E-state index contributed by atoms with van der Waals surface area (Å²) in [4.78, 5) is 32.0. The second kappa shape index (κ2) is 11.9. The lowest BCUT2D eigenvalue weighted by Crippen LogP contribution is -2.43. The molecule has 0 radical (unpaired) electrons. The number of benzene rings is 2. The summed E-state index contributed by atoms with van der Waals surface area (Å²) >= 11 is 1.47. The molecule has 0 aromatic heterocycles. The highest BCUT2D eigenvalue weighted by Gasteiger charge is 2.30. The van der Waals surface area contributed by atoms with E-state index >= 15 is 0 Å². The van der Waals surface area contributed by atoms with Gasteiger partial charge in [-0.05, 0) is 67.0 Å². The normalized spacial score (nSPS) is 21.7. The summed E-state index contributed by atoms with van der Waals surface area (Å²) in [6, 6.07) is 16.1. The third-order valence-corrected chi connectivity index (χ3v) is 7.81. The van der Waals surface area contributed by atoms with Gasteiger partial charge >= 0.3 is 0 Å². The highest BCUT2D eigenvalue weighted by atomic mass is 32.2. The fourth-order valence-electron chi connectivity index (χ4n) is 5.12. The van der Waals surface area contributed by atoms with Crippen LogP contribution in [0.1, 0.15) is 44.7 Å². The van der Waals surface area contributed by atoms with Crippen LogP contribution in [0.3, 0.4) is 0 Å². The van der Waals surface area contributed by atoms with Gasteiger partial charge < -0.3 is 10.2 Å². The van der Waals surface area contributed by atoms with Crippen molar-refractivity contribution < 1.29 is 9.59 Å². The second-order valence-corrected chi connectivity index (χ2v) is 11.1. The maximum atomic E-state index is 13.4. The van der Waals surface area contributed by atoms with E-state index in [4.69, 9.17) is 0 Å². The number of thioether (sulfide) groups is 1. The van der Waals surface area contributed by atoms with E-state index in [0.717, 1.165) is 60.5 Å². The van der Waals surface area contributed by atoms with Gasteiger partial charge in [0.1, 0.15) is 6.54 Å². The van der Waals surface area contributed by atoms with Crippen LogP contribution >= 0.6 is 11.8 Å². The average Bonchev–Trinajstić information content (AvgIpc) is 2.84. The Morgan fingerprint density at radius 3 is 2.51 bits per heavy atom. The van der Waals surface area contributed by atoms with E-state index in [1.54, 1.807) is 4.90 Å². The quantitative estimate of drug-likeness (QED) is 0.407. The van der Waals surface area contributed by atoms with E-state index in [1.165, 1.54) is 23.7 Å². The minimum atomic E-state index is -0.125. The molecule has 0 saturated carbocycles. The van der Waals surface area contributed by atoms with Crippen molar-refractivity contribution in [1.82, 2.24) is 10.2 Å². The number of hydrogen-bond acceptors (Lipinski definition) is 4. The number of anilines is 1. The zero-order valence-corrected chi connectivity index (χ0v) is 21.9. The zero-order chi connectivity index (χ0) is 24.8. The van der Waals surface area contributed by atoms with Crippen LogP contribution in [0.4, 0.5) is 5.69 Å². The van der Waals surface area contributed by atoms with Crippen LogP contribution in [0.2, 0.25) is 0 Å². The number of rotatable bonds is 8. The molecule has 6 heteroatoms. The summed E-state index contributed by atoms with van der Waals surface area (Å²) in [5.41, 5.74) is 3.05. The molecule has 2 aromatic carbocycles. The molecule has 2 atom stereocenters. The maximum absolute atomic E-state index is 13.4. The summed E-state index contributed by atoms with van der Waals surface area (Å²) in [5, 5.41) is 3.03. The molecule has 2 aliphatic rings. The molecule has 2 amide bonds. The molecule has 2 heterocycles. The number of nitrogens with zero attached hydrogens (tertiary/aromatic N) is 2. The summed E-state index contributed by atoms with van der Waals surface area (Å²) in [7, 11) is 0. The van der Waals surface area contributed by atoms with Crippen LogP contribution in [0.15, 0.2) is 58.3 Å². The van der Waals surface area contributed by atoms with Gasteiger partial charge in [-0.15, -0.1) is 0 Å². The molecular weight excluding hydrogens is 454 g/mol. The molecule has 1 saturated heterocycles. The first-order chi connectivity index (χ1) is 16.9. The Morgan fingerprint density at radius 1 is 1.09 bits per heavy atom. The average molecular weight is 492 g/mol. The van der Waals surface area contributed by atoms with E-state index in [1.807, 2.05) is 42.5 Å². The van der Waals surface area contributed by atoms with E-state index in [-0.39, 0.29) is 18.4 Å². The topological polar surface area (TPSA) is 52.7 Å². The van der Waals surface area contributed by atoms with Crippen LogP contribution in [0.5, 0.6) is 0 Å². The Labute approximate surface area is 214 Å². The van der Waals surface area contributed by atoms with Crippen molar-refractivity contribution in [2.24, 2.45) is 11.8 Å². The van der Waals surface area contributed by atoms with Crippen LogP contribution in [-0.2, 0) is 16.0 Å². The van der Waals surface area contributed by atoms with Crippen molar-refractivity contribution in [3.63, 3.8) is 0 Å². The number of carbonyl (C=O) groups excluding carboxylic acids is 2. The van der Waals surface area contributed by atoms with Crippen LogP contribution in [-0.4, -0.2) is 49.4 Å². The molecule has 2 aliphatic heterocycles. The fourth-order valence-corrected chi connectivity index (χ4v) is 6.18. The number of aryl methyl sites for hydroxylation is 1. The standard InChI is InChI=1S/C29H37N3O2S/c1-4-23-10-12-24(13-11-23)17-27-29(34)32(25-8-5-6-9-26(25)35-27)20-28(33)30-14-7-15-31-18-21(2)16-22(3)19-31/h5-6,8-13,17,21-22H,4,7,14-16,18-20H2,1-3H3,(H,30,33)/b27-17+/t21-,22-/m1/s1. The van der Waals surface area contributed by atoms with Gasteiger partial charge in [-0.25, -0.2) is 0 Å². The zero-order valence-electron chi connectivity index (χ0n) is 21.1. The molecule has 186 valence electrons. The smallest absolute Gasteiger partial charge is 0.265 e. The van der Waals surface area contributed by atoms with Gasteiger partial charge in [-0.1, -0.05) is 68.9 Å². The Balaban J connectivity index is 1.37. The summed E-state index contributed by atoms with van der Waals surface area (Å²) in [5.74, 6) is 1.23. The number of fused-ring (bicyclic) bond motifs is 1. The SMILES string of the molecule is CCc1ccc(/C=C2/Sc3ccccc3N(CC(=O)NCCCN3C[C@H](C)C[C@@H](C)C3)C2=O)cc1. The first-order valence-electron chi connectivity index (χ1n) is 12.8. The largest absolute Gasteiger partial charge is 0.355 e. The first-order valence-corrected chi connectivity index (χ1v) is 13.6. The number of para-hydroxylation sites is 1. The molecule has 35 heavy (non-hydrogen) atoms. The van der Waals surface area contributed by atoms with Crippen molar-refractivity contribution in [3.8, 4) is 0 Å². The van der Waals surface area contributed by atoms with E-state index in [2.05, 4.69) is 43.1 Å². The maximum Gasteiger partial charge on any atom is 0.265 e. The molecule has 0 bridgehead atoms. The Kier molecular flexibility index (Phi) is 8.69. The molecule has 4 rings (SSSR count). The lowest BCUT2D eigenvalue weighted by atomic mass is 9.92. The van der Waals surface area contributed by atoms with Crippen molar-refractivity contribution >= 4 is 35.3 Å². The van der Waals surface area contributed by atoms with Crippen molar-refractivity contribution in [3.05, 3.63) is 64.6 Å². The Morgan fingerprint density at radius 2 is 1.80 bits per heavy atom. The molecule has 0 spiro atoms. The third kappa shape index (κ3) is 6.77. The van der Waals surface area contributed by atoms with Gasteiger partial charge in [0.15, 0.2) is 0 Å².